The molecule has 2 aromatic carbocycles. The molecule has 4 rings (SSSR count). The van der Waals surface area contributed by atoms with Crippen LogP contribution in [0.2, 0.25) is 0 Å². The number of hydrogen-bond acceptors (Lipinski definition) is 5. The van der Waals surface area contributed by atoms with Crippen molar-refractivity contribution in [1.29, 1.82) is 0 Å². The van der Waals surface area contributed by atoms with Crippen molar-refractivity contribution in [3.05, 3.63) is 74.6 Å². The second-order valence-electron chi connectivity index (χ2n) is 8.44. The van der Waals surface area contributed by atoms with Gasteiger partial charge < -0.3 is 19.0 Å². The van der Waals surface area contributed by atoms with E-state index in [2.05, 4.69) is 4.90 Å². The fraction of sp³-hybridized carbons (Fsp3) is 0.360. The molecule has 3 aromatic rings. The van der Waals surface area contributed by atoms with Crippen molar-refractivity contribution in [2.24, 2.45) is 0 Å². The van der Waals surface area contributed by atoms with Crippen molar-refractivity contribution in [2.75, 3.05) is 34.3 Å². The number of carbonyl (C=O) groups excluding carboxylic acids is 1. The Kier molecular flexibility index (Phi) is 5.58. The number of amides is 1. The molecule has 1 amide bonds. The van der Waals surface area contributed by atoms with Crippen LogP contribution in [0, 0.1) is 13.8 Å². The summed E-state index contributed by atoms with van der Waals surface area (Å²) in [7, 11) is 5.61. The van der Waals surface area contributed by atoms with Crippen LogP contribution >= 0.6 is 0 Å². The Morgan fingerprint density at radius 2 is 1.84 bits per heavy atom. The molecule has 0 saturated carbocycles. The van der Waals surface area contributed by atoms with Gasteiger partial charge in [-0.05, 0) is 81.9 Å². The summed E-state index contributed by atoms with van der Waals surface area (Å²) >= 11 is 0. The largest absolute Gasteiger partial charge is 0.497 e. The van der Waals surface area contributed by atoms with Gasteiger partial charge in [0.2, 0.25) is 5.76 Å². The van der Waals surface area contributed by atoms with Crippen LogP contribution in [0.1, 0.15) is 45.3 Å². The minimum absolute atomic E-state index is 0.143. The number of carbonyl (C=O) groups is 1. The number of rotatable bonds is 6. The molecule has 0 unspecified atom stereocenters. The number of methoxy groups -OCH3 is 1. The van der Waals surface area contributed by atoms with Crippen LogP contribution in [0.4, 0.5) is 0 Å². The molecule has 1 aromatic heterocycles. The Morgan fingerprint density at radius 1 is 1.10 bits per heavy atom. The minimum Gasteiger partial charge on any atom is -0.497 e. The van der Waals surface area contributed by atoms with E-state index in [0.717, 1.165) is 29.7 Å². The predicted octanol–water partition coefficient (Wildman–Crippen LogP) is 3.92. The van der Waals surface area contributed by atoms with Gasteiger partial charge in [0.15, 0.2) is 5.43 Å². The van der Waals surface area contributed by atoms with Crippen LogP contribution in [0.25, 0.3) is 11.0 Å². The predicted molar refractivity (Wildman–Crippen MR) is 121 cm³/mol. The van der Waals surface area contributed by atoms with Crippen molar-refractivity contribution in [1.82, 2.24) is 9.80 Å². The van der Waals surface area contributed by atoms with Crippen LogP contribution in [-0.4, -0.2) is 50.0 Å². The molecular formula is C25H28N2O4. The Labute approximate surface area is 182 Å². The highest BCUT2D eigenvalue weighted by molar-refractivity contribution is 5.99. The normalized spacial score (nSPS) is 15.7. The molecule has 162 valence electrons. The van der Waals surface area contributed by atoms with Crippen LogP contribution in [0.15, 0.2) is 45.6 Å². The SMILES string of the molecule is COc1cccc([C@@H]2c3c(oc4cc(C)c(C)cc4c3=O)C(=O)N2CCCN(C)C)c1. The fourth-order valence-corrected chi connectivity index (χ4v) is 4.22. The van der Waals surface area contributed by atoms with Crippen molar-refractivity contribution in [3.63, 3.8) is 0 Å². The molecule has 0 saturated heterocycles. The van der Waals surface area contributed by atoms with Crippen molar-refractivity contribution < 1.29 is 13.9 Å². The lowest BCUT2D eigenvalue weighted by Crippen LogP contribution is -2.32. The highest BCUT2D eigenvalue weighted by Gasteiger charge is 2.42. The zero-order chi connectivity index (χ0) is 22.3. The molecule has 0 bridgehead atoms. The molecule has 6 heteroatoms. The maximum atomic E-state index is 13.6. The summed E-state index contributed by atoms with van der Waals surface area (Å²) in [6.07, 6.45) is 0.791. The maximum absolute atomic E-state index is 13.6. The maximum Gasteiger partial charge on any atom is 0.290 e. The number of hydrogen-bond donors (Lipinski definition) is 0. The Bertz CT molecular complexity index is 1210. The molecule has 0 radical (unpaired) electrons. The van der Waals surface area contributed by atoms with Gasteiger partial charge in [-0.1, -0.05) is 12.1 Å². The van der Waals surface area contributed by atoms with E-state index in [4.69, 9.17) is 9.15 Å². The van der Waals surface area contributed by atoms with Gasteiger partial charge >= 0.3 is 0 Å². The number of benzene rings is 2. The summed E-state index contributed by atoms with van der Waals surface area (Å²) in [6, 6.07) is 10.8. The fourth-order valence-electron chi connectivity index (χ4n) is 4.22. The summed E-state index contributed by atoms with van der Waals surface area (Å²) < 4.78 is 11.5. The molecule has 0 N–H and O–H groups in total. The van der Waals surface area contributed by atoms with E-state index in [0.29, 0.717) is 28.8 Å². The molecule has 2 heterocycles. The van der Waals surface area contributed by atoms with Gasteiger partial charge in [0.05, 0.1) is 24.1 Å². The number of aryl methyl sites for hydroxylation is 2. The molecule has 6 nitrogen and oxygen atoms in total. The third-order valence-corrected chi connectivity index (χ3v) is 6.00. The van der Waals surface area contributed by atoms with Gasteiger partial charge in [-0.25, -0.2) is 0 Å². The first kappa shape index (κ1) is 21.1. The van der Waals surface area contributed by atoms with E-state index < -0.39 is 6.04 Å². The zero-order valence-electron chi connectivity index (χ0n) is 18.7. The number of nitrogens with zero attached hydrogens (tertiary/aromatic N) is 2. The first-order chi connectivity index (χ1) is 14.8. The van der Waals surface area contributed by atoms with E-state index in [1.54, 1.807) is 12.0 Å². The first-order valence-electron chi connectivity index (χ1n) is 10.5. The molecule has 31 heavy (non-hydrogen) atoms. The monoisotopic (exact) mass is 420 g/mol. The van der Waals surface area contributed by atoms with Crippen LogP contribution in [-0.2, 0) is 0 Å². The molecule has 1 aliphatic rings. The summed E-state index contributed by atoms with van der Waals surface area (Å²) in [6.45, 7) is 5.31. The third-order valence-electron chi connectivity index (χ3n) is 6.00. The Morgan fingerprint density at radius 3 is 2.55 bits per heavy atom. The van der Waals surface area contributed by atoms with Gasteiger partial charge in [-0.15, -0.1) is 0 Å². The smallest absolute Gasteiger partial charge is 0.290 e. The lowest BCUT2D eigenvalue weighted by molar-refractivity contribution is 0.0722. The quantitative estimate of drug-likeness (QED) is 0.605. The zero-order valence-corrected chi connectivity index (χ0v) is 18.7. The minimum atomic E-state index is -0.498. The lowest BCUT2D eigenvalue weighted by atomic mass is 9.97. The van der Waals surface area contributed by atoms with Crippen LogP contribution in [0.5, 0.6) is 5.75 Å². The second-order valence-corrected chi connectivity index (χ2v) is 8.44. The van der Waals surface area contributed by atoms with Gasteiger partial charge in [0.1, 0.15) is 11.3 Å². The number of ether oxygens (including phenoxy) is 1. The topological polar surface area (TPSA) is 63.0 Å². The Hall–Kier alpha value is -3.12. The van der Waals surface area contributed by atoms with Gasteiger partial charge in [-0.3, -0.25) is 9.59 Å². The van der Waals surface area contributed by atoms with E-state index in [1.165, 1.54) is 0 Å². The van der Waals surface area contributed by atoms with E-state index in [-0.39, 0.29) is 17.1 Å². The van der Waals surface area contributed by atoms with Crippen molar-refractivity contribution in [3.8, 4) is 5.75 Å². The van der Waals surface area contributed by atoms with Crippen LogP contribution in [0.3, 0.4) is 0 Å². The summed E-state index contributed by atoms with van der Waals surface area (Å²) in [5.41, 5.74) is 3.61. The molecule has 1 aliphatic heterocycles. The standard InChI is InChI=1S/C25H28N2O4/c1-15-12-19-20(13-16(15)2)31-24-21(23(19)28)22(17-8-6-9-18(14-17)30-5)27(25(24)29)11-7-10-26(3)4/h6,8-9,12-14,22H,7,10-11H2,1-5H3/t22-/m1/s1. The first-order valence-corrected chi connectivity index (χ1v) is 10.5. The Balaban J connectivity index is 1.91. The summed E-state index contributed by atoms with van der Waals surface area (Å²) in [5.74, 6) is 0.598. The van der Waals surface area contributed by atoms with Crippen LogP contribution < -0.4 is 10.2 Å². The van der Waals surface area contributed by atoms with E-state index in [9.17, 15) is 9.59 Å². The summed E-state index contributed by atoms with van der Waals surface area (Å²) in [5, 5.41) is 0.512. The van der Waals surface area contributed by atoms with Gasteiger partial charge in [-0.2, -0.15) is 0 Å². The molecule has 0 spiro atoms. The summed E-state index contributed by atoms with van der Waals surface area (Å²) in [4.78, 5) is 30.9. The third kappa shape index (κ3) is 3.72. The number of fused-ring (bicyclic) bond motifs is 2. The van der Waals surface area contributed by atoms with Gasteiger partial charge in [0, 0.05) is 6.54 Å². The van der Waals surface area contributed by atoms with Crippen molar-refractivity contribution >= 4 is 16.9 Å². The highest BCUT2D eigenvalue weighted by Crippen LogP contribution is 2.39. The average Bonchev–Trinajstić information content (AvgIpc) is 3.02. The molecule has 1 atom stereocenters. The molecular weight excluding hydrogens is 392 g/mol. The molecule has 0 aliphatic carbocycles. The van der Waals surface area contributed by atoms with E-state index >= 15 is 0 Å². The highest BCUT2D eigenvalue weighted by atomic mass is 16.5. The van der Waals surface area contributed by atoms with Crippen molar-refractivity contribution in [2.45, 2.75) is 26.3 Å². The lowest BCUT2D eigenvalue weighted by Gasteiger charge is -2.26. The van der Waals surface area contributed by atoms with Gasteiger partial charge in [0.25, 0.3) is 5.91 Å². The van der Waals surface area contributed by atoms with E-state index in [1.807, 2.05) is 64.3 Å². The second kappa shape index (κ2) is 8.19. The average molecular weight is 421 g/mol. The molecule has 0 fully saturated rings.